The molecule has 0 N–H and O–H groups in total. The maximum Gasteiger partial charge on any atom is 0.161 e. The summed E-state index contributed by atoms with van der Waals surface area (Å²) >= 11 is 0. The zero-order chi connectivity index (χ0) is 12.8. The molecule has 0 amide bonds. The van der Waals surface area contributed by atoms with Crippen molar-refractivity contribution in [3.8, 4) is 11.5 Å². The van der Waals surface area contributed by atoms with E-state index in [1.54, 1.807) is 19.2 Å². The molecule has 1 aromatic rings. The molecule has 0 bridgehead atoms. The van der Waals surface area contributed by atoms with Crippen molar-refractivity contribution in [3.63, 3.8) is 0 Å². The van der Waals surface area contributed by atoms with E-state index in [4.69, 9.17) is 9.47 Å². The highest BCUT2D eigenvalue weighted by Crippen LogP contribution is 2.30. The monoisotopic (exact) mass is 248 g/mol. The van der Waals surface area contributed by atoms with Crippen LogP contribution in [0.25, 0.3) is 0 Å². The van der Waals surface area contributed by atoms with Crippen molar-refractivity contribution in [1.82, 2.24) is 0 Å². The fraction of sp³-hybridized carbons (Fsp3) is 0.533. The minimum absolute atomic E-state index is 0.608. The third-order valence-electron chi connectivity index (χ3n) is 3.52. The summed E-state index contributed by atoms with van der Waals surface area (Å²) in [5.41, 5.74) is 0.608. The lowest BCUT2D eigenvalue weighted by molar-refractivity contribution is 0.112. The number of benzene rings is 1. The second-order valence-corrected chi connectivity index (χ2v) is 4.84. The van der Waals surface area contributed by atoms with E-state index in [1.807, 2.05) is 6.07 Å². The van der Waals surface area contributed by atoms with Crippen molar-refractivity contribution in [3.05, 3.63) is 23.8 Å². The molecule has 0 saturated heterocycles. The molecule has 2 rings (SSSR count). The molecule has 1 fully saturated rings. The lowest BCUT2D eigenvalue weighted by Gasteiger charge is -2.22. The Labute approximate surface area is 108 Å². The molecule has 3 nitrogen and oxygen atoms in total. The van der Waals surface area contributed by atoms with Gasteiger partial charge >= 0.3 is 0 Å². The van der Waals surface area contributed by atoms with Gasteiger partial charge in [0.05, 0.1) is 13.7 Å². The van der Waals surface area contributed by atoms with Crippen LogP contribution in [0.4, 0.5) is 0 Å². The standard InChI is InChI=1S/C15H20O3/c1-17-15-9-13(10-16)7-8-14(15)18-11-12-5-3-2-4-6-12/h7-10,12H,2-6,11H2,1H3. The summed E-state index contributed by atoms with van der Waals surface area (Å²) in [6.07, 6.45) is 7.31. The lowest BCUT2D eigenvalue weighted by Crippen LogP contribution is -2.15. The first kappa shape index (κ1) is 12.9. The molecule has 0 heterocycles. The zero-order valence-corrected chi connectivity index (χ0v) is 10.9. The number of hydrogen-bond acceptors (Lipinski definition) is 3. The molecule has 0 unspecified atom stereocenters. The highest BCUT2D eigenvalue weighted by atomic mass is 16.5. The van der Waals surface area contributed by atoms with Crippen molar-refractivity contribution in [2.45, 2.75) is 32.1 Å². The Morgan fingerprint density at radius 1 is 1.22 bits per heavy atom. The zero-order valence-electron chi connectivity index (χ0n) is 10.9. The van der Waals surface area contributed by atoms with Gasteiger partial charge in [-0.3, -0.25) is 4.79 Å². The number of ether oxygens (including phenoxy) is 2. The summed E-state index contributed by atoms with van der Waals surface area (Å²) in [4.78, 5) is 10.7. The van der Waals surface area contributed by atoms with Crippen LogP contribution in [0.1, 0.15) is 42.5 Å². The largest absolute Gasteiger partial charge is 0.493 e. The van der Waals surface area contributed by atoms with Crippen LogP contribution in [0.5, 0.6) is 11.5 Å². The molecule has 1 aliphatic carbocycles. The lowest BCUT2D eigenvalue weighted by atomic mass is 9.90. The Balaban J connectivity index is 1.97. The predicted octanol–water partition coefficient (Wildman–Crippen LogP) is 3.47. The van der Waals surface area contributed by atoms with E-state index in [0.29, 0.717) is 17.2 Å². The Morgan fingerprint density at radius 2 is 2.00 bits per heavy atom. The van der Waals surface area contributed by atoms with Crippen LogP contribution in [0.15, 0.2) is 18.2 Å². The molecule has 0 aliphatic heterocycles. The third-order valence-corrected chi connectivity index (χ3v) is 3.52. The molecule has 18 heavy (non-hydrogen) atoms. The average Bonchev–Trinajstić information content (AvgIpc) is 2.46. The molecular weight excluding hydrogens is 228 g/mol. The molecule has 0 aromatic heterocycles. The van der Waals surface area contributed by atoms with Gasteiger partial charge in [0.25, 0.3) is 0 Å². The second-order valence-electron chi connectivity index (χ2n) is 4.84. The summed E-state index contributed by atoms with van der Waals surface area (Å²) in [6, 6.07) is 5.28. The van der Waals surface area contributed by atoms with Crippen molar-refractivity contribution in [2.75, 3.05) is 13.7 Å². The van der Waals surface area contributed by atoms with Crippen LogP contribution in [0.3, 0.4) is 0 Å². The van der Waals surface area contributed by atoms with Gasteiger partial charge in [-0.25, -0.2) is 0 Å². The first-order chi connectivity index (χ1) is 8.83. The Morgan fingerprint density at radius 3 is 2.67 bits per heavy atom. The number of carbonyl (C=O) groups excluding carboxylic acids is 1. The van der Waals surface area contributed by atoms with E-state index in [9.17, 15) is 4.79 Å². The SMILES string of the molecule is COc1cc(C=O)ccc1OCC1CCCCC1. The minimum Gasteiger partial charge on any atom is -0.493 e. The van der Waals surface area contributed by atoms with Gasteiger partial charge in [0, 0.05) is 5.56 Å². The predicted molar refractivity (Wildman–Crippen MR) is 70.5 cm³/mol. The smallest absolute Gasteiger partial charge is 0.161 e. The fourth-order valence-corrected chi connectivity index (χ4v) is 2.44. The number of aldehydes is 1. The normalized spacial score (nSPS) is 16.3. The molecule has 3 heteroatoms. The molecule has 98 valence electrons. The van der Waals surface area contributed by atoms with E-state index >= 15 is 0 Å². The summed E-state index contributed by atoms with van der Waals surface area (Å²) < 4.78 is 11.1. The highest BCUT2D eigenvalue weighted by molar-refractivity contribution is 5.76. The van der Waals surface area contributed by atoms with Gasteiger partial charge in [0.2, 0.25) is 0 Å². The van der Waals surface area contributed by atoms with Crippen LogP contribution in [-0.4, -0.2) is 20.0 Å². The first-order valence-corrected chi connectivity index (χ1v) is 6.59. The maximum absolute atomic E-state index is 10.7. The minimum atomic E-state index is 0.608. The topological polar surface area (TPSA) is 35.5 Å². The second kappa shape index (κ2) is 6.43. The van der Waals surface area contributed by atoms with Gasteiger partial charge < -0.3 is 9.47 Å². The van der Waals surface area contributed by atoms with Crippen LogP contribution in [-0.2, 0) is 0 Å². The summed E-state index contributed by atoms with van der Waals surface area (Å²) in [5, 5.41) is 0. The third kappa shape index (κ3) is 3.25. The van der Waals surface area contributed by atoms with Crippen molar-refractivity contribution in [2.24, 2.45) is 5.92 Å². The number of hydrogen-bond donors (Lipinski definition) is 0. The Hall–Kier alpha value is -1.51. The molecule has 1 saturated carbocycles. The van der Waals surface area contributed by atoms with E-state index < -0.39 is 0 Å². The molecular formula is C15H20O3. The summed E-state index contributed by atoms with van der Waals surface area (Å²) in [6.45, 7) is 0.747. The first-order valence-electron chi connectivity index (χ1n) is 6.59. The van der Waals surface area contributed by atoms with E-state index in [-0.39, 0.29) is 0 Å². The van der Waals surface area contributed by atoms with Crippen molar-refractivity contribution < 1.29 is 14.3 Å². The highest BCUT2D eigenvalue weighted by Gasteiger charge is 2.15. The molecule has 1 aliphatic rings. The average molecular weight is 248 g/mol. The van der Waals surface area contributed by atoms with Crippen molar-refractivity contribution >= 4 is 6.29 Å². The van der Waals surface area contributed by atoms with Gasteiger partial charge in [0.15, 0.2) is 11.5 Å². The van der Waals surface area contributed by atoms with Gasteiger partial charge in [-0.05, 0) is 37.0 Å². The summed E-state index contributed by atoms with van der Waals surface area (Å²) in [5.74, 6) is 2.03. The Kier molecular flexibility index (Phi) is 4.62. The number of methoxy groups -OCH3 is 1. The van der Waals surface area contributed by atoms with E-state index in [1.165, 1.54) is 32.1 Å². The van der Waals surface area contributed by atoms with Crippen LogP contribution in [0.2, 0.25) is 0 Å². The van der Waals surface area contributed by atoms with Crippen LogP contribution >= 0.6 is 0 Å². The van der Waals surface area contributed by atoms with E-state index in [2.05, 4.69) is 0 Å². The fourth-order valence-electron chi connectivity index (χ4n) is 2.44. The van der Waals surface area contributed by atoms with Crippen molar-refractivity contribution in [1.29, 1.82) is 0 Å². The van der Waals surface area contributed by atoms with E-state index in [0.717, 1.165) is 18.6 Å². The maximum atomic E-state index is 10.7. The van der Waals surface area contributed by atoms with Crippen LogP contribution < -0.4 is 9.47 Å². The Bertz CT molecular complexity index is 395. The quantitative estimate of drug-likeness (QED) is 0.748. The van der Waals surface area contributed by atoms with Gasteiger partial charge in [-0.1, -0.05) is 19.3 Å². The number of carbonyl (C=O) groups is 1. The molecule has 1 aromatic carbocycles. The molecule has 0 radical (unpaired) electrons. The van der Waals surface area contributed by atoms with Crippen LogP contribution in [0, 0.1) is 5.92 Å². The van der Waals surface area contributed by atoms with Gasteiger partial charge in [-0.15, -0.1) is 0 Å². The number of rotatable bonds is 5. The molecule has 0 atom stereocenters. The summed E-state index contributed by atoms with van der Waals surface area (Å²) in [7, 11) is 1.59. The van der Waals surface area contributed by atoms with Gasteiger partial charge in [-0.2, -0.15) is 0 Å². The van der Waals surface area contributed by atoms with Gasteiger partial charge in [0.1, 0.15) is 6.29 Å². The molecule has 0 spiro atoms.